The van der Waals surface area contributed by atoms with Gasteiger partial charge in [0.15, 0.2) is 0 Å². The molecule has 1 aliphatic heterocycles. The molecular formula is C24H24IN4O4S-. The van der Waals surface area contributed by atoms with Gasteiger partial charge in [-0.2, -0.15) is 0 Å². The second kappa shape index (κ2) is 9.34. The molecule has 178 valence electrons. The molecule has 0 unspecified atom stereocenters. The van der Waals surface area contributed by atoms with E-state index >= 15 is 0 Å². The van der Waals surface area contributed by atoms with Crippen molar-refractivity contribution in [2.45, 2.75) is 31.1 Å². The van der Waals surface area contributed by atoms with Crippen molar-refractivity contribution in [3.05, 3.63) is 79.3 Å². The number of aromatic nitrogens is 2. The number of fused-ring (bicyclic) bond motifs is 1. The van der Waals surface area contributed by atoms with Gasteiger partial charge in [-0.1, -0.05) is 0 Å². The first-order chi connectivity index (χ1) is 16.1. The van der Waals surface area contributed by atoms with Crippen LogP contribution in [0.4, 0.5) is 0 Å². The molecule has 4 rings (SSSR count). The Kier molecular flexibility index (Phi) is 6.63. The fourth-order valence-electron chi connectivity index (χ4n) is 3.32. The zero-order chi connectivity index (χ0) is 24.5. The van der Waals surface area contributed by atoms with Gasteiger partial charge in [0.05, 0.1) is 0 Å². The van der Waals surface area contributed by atoms with Crippen LogP contribution in [0.5, 0.6) is 5.75 Å². The third-order valence-electron chi connectivity index (χ3n) is 5.17. The van der Waals surface area contributed by atoms with Gasteiger partial charge in [-0.15, -0.1) is 0 Å². The van der Waals surface area contributed by atoms with Crippen LogP contribution in [0.1, 0.15) is 31.9 Å². The predicted molar refractivity (Wildman–Crippen MR) is 125 cm³/mol. The molecule has 1 amide bonds. The van der Waals surface area contributed by atoms with Crippen LogP contribution in [0, 0.1) is 3.57 Å². The summed E-state index contributed by atoms with van der Waals surface area (Å²) in [6, 6.07) is 12.6. The van der Waals surface area contributed by atoms with Gasteiger partial charge < -0.3 is 0 Å². The monoisotopic (exact) mass is 591 g/mol. The summed E-state index contributed by atoms with van der Waals surface area (Å²) in [5.74, 6) is -0.622. The summed E-state index contributed by atoms with van der Waals surface area (Å²) in [7, 11) is -2.81. The molecule has 1 N–H and O–H groups in total. The summed E-state index contributed by atoms with van der Waals surface area (Å²) in [6.07, 6.45) is 5.12. The number of nitrogens with zero attached hydrogens (tertiary/aromatic N) is 3. The fraction of sp³-hybridized carbons (Fsp3) is 0.208. The number of carbonyl (C=O) groups excluding carboxylic acids is 1. The van der Waals surface area contributed by atoms with Gasteiger partial charge in [0.2, 0.25) is 0 Å². The zero-order valence-electron chi connectivity index (χ0n) is 19.1. The van der Waals surface area contributed by atoms with Crippen LogP contribution in [-0.4, -0.2) is 37.4 Å². The number of rotatable bonds is 5. The first-order valence-electron chi connectivity index (χ1n) is 10.4. The topological polar surface area (TPSA) is 103 Å². The molecule has 0 radical (unpaired) electrons. The van der Waals surface area contributed by atoms with E-state index in [0.717, 1.165) is 20.4 Å². The Labute approximate surface area is 209 Å². The standard InChI is InChI=1S/C24H24IN4O4S/c1-24(2,3)16-9-10-21(33-4)22(13-16)34(31,32)28-23(30)19-14-25-18-7-5-8-20(17(18)15-26-19)29-12-6-11-27-29/h5-15H,1-4H3,(H,28,30)/q-1. The third kappa shape index (κ3) is 4.92. The fourth-order valence-corrected chi connectivity index (χ4v) is 6.72. The van der Waals surface area contributed by atoms with Crippen molar-refractivity contribution in [2.24, 2.45) is 4.99 Å². The minimum absolute atomic E-state index is 0.0601. The number of halogens is 1. The second-order valence-corrected chi connectivity index (χ2v) is 12.6. The number of hydrogen-bond acceptors (Lipinski definition) is 6. The van der Waals surface area contributed by atoms with Crippen molar-refractivity contribution in [1.29, 1.82) is 0 Å². The van der Waals surface area contributed by atoms with Gasteiger partial charge >= 0.3 is 210 Å². The van der Waals surface area contributed by atoms with Crippen LogP contribution in [0.3, 0.4) is 0 Å². The second-order valence-electron chi connectivity index (χ2n) is 8.54. The molecule has 34 heavy (non-hydrogen) atoms. The maximum absolute atomic E-state index is 13.2. The van der Waals surface area contributed by atoms with E-state index < -0.39 is 37.1 Å². The van der Waals surface area contributed by atoms with Crippen LogP contribution in [0.15, 0.2) is 74.5 Å². The number of methoxy groups -OCH3 is 1. The Morgan fingerprint density at radius 3 is 2.62 bits per heavy atom. The van der Waals surface area contributed by atoms with E-state index in [0.29, 0.717) is 0 Å². The molecule has 0 saturated heterocycles. The van der Waals surface area contributed by atoms with Crippen molar-refractivity contribution in [2.75, 3.05) is 7.11 Å². The quantitative estimate of drug-likeness (QED) is 0.428. The van der Waals surface area contributed by atoms with Crippen LogP contribution < -0.4 is 30.7 Å². The van der Waals surface area contributed by atoms with Gasteiger partial charge in [-0.05, 0) is 0 Å². The molecule has 1 aromatic heterocycles. The molecule has 0 bridgehead atoms. The van der Waals surface area contributed by atoms with E-state index in [-0.39, 0.29) is 21.8 Å². The molecule has 2 aromatic carbocycles. The number of carbonyl (C=O) groups is 1. The number of ether oxygens (including phenoxy) is 1. The maximum atomic E-state index is 13.2. The van der Waals surface area contributed by atoms with Crippen LogP contribution in [0.25, 0.3) is 5.69 Å². The van der Waals surface area contributed by atoms with Crippen molar-refractivity contribution < 1.29 is 39.2 Å². The summed E-state index contributed by atoms with van der Waals surface area (Å²) in [5, 5.41) is 4.28. The number of amides is 1. The van der Waals surface area contributed by atoms with Crippen molar-refractivity contribution in [3.63, 3.8) is 0 Å². The van der Waals surface area contributed by atoms with Gasteiger partial charge in [0, 0.05) is 0 Å². The van der Waals surface area contributed by atoms with E-state index in [9.17, 15) is 13.2 Å². The van der Waals surface area contributed by atoms with Crippen LogP contribution in [0.2, 0.25) is 0 Å². The van der Waals surface area contributed by atoms with E-state index in [2.05, 4.69) is 14.8 Å². The Morgan fingerprint density at radius 2 is 1.94 bits per heavy atom. The first-order valence-corrected chi connectivity index (χ1v) is 14.2. The normalized spacial score (nSPS) is 13.8. The SMILES string of the molecule is COc1ccc(C(C)(C)C)cc1S(=O)(=O)NC(=O)C1=C[I-]c2cccc(-n3cccn3)c2C=N1. The number of nitrogens with one attached hydrogen (secondary N) is 1. The molecule has 0 aliphatic carbocycles. The zero-order valence-corrected chi connectivity index (χ0v) is 22.1. The number of sulfonamides is 1. The Bertz CT molecular complexity index is 1410. The molecular weight excluding hydrogens is 567 g/mol. The van der Waals surface area contributed by atoms with Gasteiger partial charge in [0.1, 0.15) is 0 Å². The Morgan fingerprint density at radius 1 is 1.15 bits per heavy atom. The summed E-state index contributed by atoms with van der Waals surface area (Å²) in [6.45, 7) is 5.94. The van der Waals surface area contributed by atoms with Gasteiger partial charge in [-0.25, -0.2) is 0 Å². The predicted octanol–water partition coefficient (Wildman–Crippen LogP) is 0.216. The summed E-state index contributed by atoms with van der Waals surface area (Å²) < 4.78 is 38.3. The number of benzene rings is 2. The molecule has 8 nitrogen and oxygen atoms in total. The molecule has 10 heteroatoms. The molecule has 2 heterocycles. The number of hydrogen-bond donors (Lipinski definition) is 1. The van der Waals surface area contributed by atoms with Crippen molar-refractivity contribution in [3.8, 4) is 11.4 Å². The van der Waals surface area contributed by atoms with Crippen LogP contribution >= 0.6 is 0 Å². The summed E-state index contributed by atoms with van der Waals surface area (Å²) >= 11 is -0.738. The van der Waals surface area contributed by atoms with E-state index in [1.165, 1.54) is 7.11 Å². The average molecular weight is 591 g/mol. The molecule has 0 fully saturated rings. The Balaban J connectivity index is 1.63. The number of aliphatic imine (C=N–C) groups is 1. The van der Waals surface area contributed by atoms with E-state index in [4.69, 9.17) is 4.74 Å². The van der Waals surface area contributed by atoms with E-state index in [1.54, 1.807) is 33.3 Å². The summed E-state index contributed by atoms with van der Waals surface area (Å²) in [4.78, 5) is 17.2. The van der Waals surface area contributed by atoms with Crippen LogP contribution in [-0.2, 0) is 20.2 Å². The van der Waals surface area contributed by atoms with Gasteiger partial charge in [-0.3, -0.25) is 0 Å². The molecule has 0 atom stereocenters. The molecule has 3 aromatic rings. The molecule has 0 saturated carbocycles. The van der Waals surface area contributed by atoms with Crippen molar-refractivity contribution >= 4 is 22.1 Å². The van der Waals surface area contributed by atoms with E-state index in [1.807, 2.05) is 57.3 Å². The average Bonchev–Trinajstić information content (AvgIpc) is 3.23. The van der Waals surface area contributed by atoms with Crippen molar-refractivity contribution in [1.82, 2.24) is 14.5 Å². The third-order valence-corrected chi connectivity index (χ3v) is 9.03. The summed E-state index contributed by atoms with van der Waals surface area (Å²) in [5.41, 5.74) is 2.29. The first kappa shape index (κ1) is 24.1. The molecule has 0 spiro atoms. The van der Waals surface area contributed by atoms with Gasteiger partial charge in [0.25, 0.3) is 0 Å². The minimum atomic E-state index is -4.20. The molecule has 1 aliphatic rings. The Hall–Kier alpha value is -2.99.